The van der Waals surface area contributed by atoms with Gasteiger partial charge in [0.2, 0.25) is 5.95 Å². The fraction of sp³-hybridized carbons (Fsp3) is 0.381. The van der Waals surface area contributed by atoms with Crippen LogP contribution in [0.4, 0.5) is 11.8 Å². The Hall–Kier alpha value is -2.44. The maximum absolute atomic E-state index is 6.21. The monoisotopic (exact) mass is 396 g/mol. The lowest BCUT2D eigenvalue weighted by Crippen LogP contribution is -2.33. The van der Waals surface area contributed by atoms with Crippen LogP contribution in [-0.2, 0) is 6.54 Å². The molecule has 3 aromatic rings. The van der Waals surface area contributed by atoms with E-state index < -0.39 is 0 Å². The number of aromatic nitrogens is 3. The first-order valence-electron chi connectivity index (χ1n) is 9.85. The van der Waals surface area contributed by atoms with E-state index in [9.17, 15) is 0 Å². The number of likely N-dealkylation sites (tertiary alicyclic amines) is 1. The Balaban J connectivity index is 1.40. The van der Waals surface area contributed by atoms with Crippen LogP contribution >= 0.6 is 11.6 Å². The second kappa shape index (κ2) is 9.17. The van der Waals surface area contributed by atoms with Crippen LogP contribution in [0.5, 0.6) is 0 Å². The highest BCUT2D eigenvalue weighted by molar-refractivity contribution is 6.31. The van der Waals surface area contributed by atoms with Crippen LogP contribution in [0.25, 0.3) is 10.9 Å². The third-order valence-corrected chi connectivity index (χ3v) is 5.44. The second-order valence-corrected chi connectivity index (χ2v) is 7.47. The highest BCUT2D eigenvalue weighted by Crippen LogP contribution is 2.21. The molecule has 0 aliphatic carbocycles. The maximum Gasteiger partial charge on any atom is 0.223 e. The van der Waals surface area contributed by atoms with Crippen molar-refractivity contribution in [2.75, 3.05) is 36.8 Å². The predicted octanol–water partition coefficient (Wildman–Crippen LogP) is 4.19. The molecule has 0 atom stereocenters. The fourth-order valence-corrected chi connectivity index (χ4v) is 3.72. The normalized spacial score (nSPS) is 14.9. The zero-order valence-electron chi connectivity index (χ0n) is 15.9. The third kappa shape index (κ3) is 4.69. The lowest BCUT2D eigenvalue weighted by Gasteiger charge is -2.26. The van der Waals surface area contributed by atoms with Crippen molar-refractivity contribution in [2.45, 2.75) is 25.8 Å². The molecule has 0 spiro atoms. The van der Waals surface area contributed by atoms with E-state index >= 15 is 0 Å². The van der Waals surface area contributed by atoms with Crippen molar-refractivity contribution in [1.29, 1.82) is 0 Å². The number of hydrogen-bond donors (Lipinski definition) is 2. The number of nitrogens with one attached hydrogen (secondary N) is 2. The Morgan fingerprint density at radius 3 is 2.71 bits per heavy atom. The Morgan fingerprint density at radius 1 is 1.00 bits per heavy atom. The van der Waals surface area contributed by atoms with E-state index in [4.69, 9.17) is 11.6 Å². The molecule has 1 aliphatic heterocycles. The van der Waals surface area contributed by atoms with E-state index in [2.05, 4.69) is 30.5 Å². The van der Waals surface area contributed by atoms with Crippen LogP contribution in [0.3, 0.4) is 0 Å². The quantitative estimate of drug-likeness (QED) is 0.624. The molecule has 0 saturated carbocycles. The van der Waals surface area contributed by atoms with Crippen molar-refractivity contribution in [2.24, 2.45) is 0 Å². The summed E-state index contributed by atoms with van der Waals surface area (Å²) in [6.07, 6.45) is 7.59. The number of rotatable bonds is 7. The molecule has 0 amide bonds. The van der Waals surface area contributed by atoms with E-state index in [1.54, 1.807) is 6.20 Å². The Bertz CT molecular complexity index is 926. The van der Waals surface area contributed by atoms with E-state index in [0.29, 0.717) is 12.5 Å². The van der Waals surface area contributed by atoms with Gasteiger partial charge in [-0.15, -0.1) is 0 Å². The average molecular weight is 397 g/mol. The lowest BCUT2D eigenvalue weighted by atomic mass is 10.1. The van der Waals surface area contributed by atoms with Crippen molar-refractivity contribution in [3.63, 3.8) is 0 Å². The van der Waals surface area contributed by atoms with Gasteiger partial charge in [0.25, 0.3) is 0 Å². The van der Waals surface area contributed by atoms with Gasteiger partial charge in [-0.3, -0.25) is 0 Å². The third-order valence-electron chi connectivity index (χ3n) is 5.07. The number of pyridine rings is 1. The zero-order chi connectivity index (χ0) is 19.2. The minimum Gasteiger partial charge on any atom is -0.368 e. The molecule has 146 valence electrons. The zero-order valence-corrected chi connectivity index (χ0v) is 16.6. The molecule has 1 fully saturated rings. The maximum atomic E-state index is 6.21. The molecular formula is C21H25ClN6. The summed E-state index contributed by atoms with van der Waals surface area (Å²) in [5.74, 6) is 1.42. The van der Waals surface area contributed by atoms with Crippen LogP contribution in [-0.4, -0.2) is 46.0 Å². The summed E-state index contributed by atoms with van der Waals surface area (Å²) in [6.45, 7) is 4.90. The number of nitrogens with zero attached hydrogens (tertiary/aromatic N) is 4. The summed E-state index contributed by atoms with van der Waals surface area (Å²) >= 11 is 6.21. The number of halogens is 1. The highest BCUT2D eigenvalue weighted by Gasteiger charge is 2.10. The van der Waals surface area contributed by atoms with Gasteiger partial charge < -0.3 is 15.5 Å². The summed E-state index contributed by atoms with van der Waals surface area (Å²) in [4.78, 5) is 16.1. The van der Waals surface area contributed by atoms with Crippen LogP contribution in [0, 0.1) is 0 Å². The van der Waals surface area contributed by atoms with Gasteiger partial charge in [-0.1, -0.05) is 36.2 Å². The number of piperidine rings is 1. The van der Waals surface area contributed by atoms with E-state index in [1.807, 2.05) is 36.5 Å². The topological polar surface area (TPSA) is 66.0 Å². The van der Waals surface area contributed by atoms with Crippen molar-refractivity contribution >= 4 is 34.3 Å². The molecule has 3 heterocycles. The van der Waals surface area contributed by atoms with Crippen molar-refractivity contribution in [1.82, 2.24) is 19.9 Å². The van der Waals surface area contributed by atoms with Gasteiger partial charge in [0, 0.05) is 37.1 Å². The molecule has 1 aliphatic rings. The summed E-state index contributed by atoms with van der Waals surface area (Å²) in [5.41, 5.74) is 1.88. The number of anilines is 2. The minimum absolute atomic E-state index is 0.581. The molecule has 0 radical (unpaired) electrons. The molecule has 1 saturated heterocycles. The standard InChI is InChI=1S/C21H25ClN6/c22-18-7-3-2-6-16(18)14-25-21-26-15-17-19(27-21)8-9-23-20(17)24-10-13-28-11-4-1-5-12-28/h2-3,6-9,15H,1,4-5,10-14H2,(H,23,24)(H,25,26,27). The predicted molar refractivity (Wildman–Crippen MR) is 115 cm³/mol. The van der Waals surface area contributed by atoms with Crippen molar-refractivity contribution in [3.8, 4) is 0 Å². The molecule has 2 N–H and O–H groups in total. The van der Waals surface area contributed by atoms with Crippen molar-refractivity contribution in [3.05, 3.63) is 53.3 Å². The fourth-order valence-electron chi connectivity index (χ4n) is 3.51. The summed E-state index contributed by atoms with van der Waals surface area (Å²) < 4.78 is 0. The first-order valence-corrected chi connectivity index (χ1v) is 10.2. The van der Waals surface area contributed by atoms with E-state index in [1.165, 1.54) is 32.4 Å². The number of fused-ring (bicyclic) bond motifs is 1. The lowest BCUT2D eigenvalue weighted by molar-refractivity contribution is 0.237. The Kier molecular flexibility index (Phi) is 6.19. The molecule has 0 bridgehead atoms. The molecule has 0 unspecified atom stereocenters. The first-order chi connectivity index (χ1) is 13.8. The summed E-state index contributed by atoms with van der Waals surface area (Å²) in [5, 5.41) is 8.37. The summed E-state index contributed by atoms with van der Waals surface area (Å²) in [7, 11) is 0. The van der Waals surface area contributed by atoms with Gasteiger partial charge in [0.05, 0.1) is 10.9 Å². The Morgan fingerprint density at radius 2 is 1.86 bits per heavy atom. The molecule has 1 aromatic carbocycles. The van der Waals surface area contributed by atoms with Gasteiger partial charge >= 0.3 is 0 Å². The van der Waals surface area contributed by atoms with Gasteiger partial charge in [-0.2, -0.15) is 0 Å². The van der Waals surface area contributed by atoms with Gasteiger partial charge in [-0.05, 0) is 43.6 Å². The average Bonchev–Trinajstić information content (AvgIpc) is 2.74. The van der Waals surface area contributed by atoms with E-state index in [0.717, 1.165) is 40.4 Å². The van der Waals surface area contributed by atoms with Gasteiger partial charge in [0.1, 0.15) is 5.82 Å². The van der Waals surface area contributed by atoms with Gasteiger partial charge in [0.15, 0.2) is 0 Å². The van der Waals surface area contributed by atoms with Crippen molar-refractivity contribution < 1.29 is 0 Å². The van der Waals surface area contributed by atoms with Crippen LogP contribution in [0.2, 0.25) is 5.02 Å². The molecule has 4 rings (SSSR count). The summed E-state index contributed by atoms with van der Waals surface area (Å²) in [6, 6.07) is 9.67. The van der Waals surface area contributed by atoms with E-state index in [-0.39, 0.29) is 0 Å². The first kappa shape index (κ1) is 18.9. The van der Waals surface area contributed by atoms with Crippen LogP contribution in [0.15, 0.2) is 42.7 Å². The highest BCUT2D eigenvalue weighted by atomic mass is 35.5. The van der Waals surface area contributed by atoms with Crippen LogP contribution in [0.1, 0.15) is 24.8 Å². The minimum atomic E-state index is 0.581. The molecule has 7 heteroatoms. The molecular weight excluding hydrogens is 372 g/mol. The largest absolute Gasteiger partial charge is 0.368 e. The number of benzene rings is 1. The smallest absolute Gasteiger partial charge is 0.223 e. The molecule has 2 aromatic heterocycles. The number of hydrogen-bond acceptors (Lipinski definition) is 6. The molecule has 6 nitrogen and oxygen atoms in total. The SMILES string of the molecule is Clc1ccccc1CNc1ncc2c(NCCN3CCCCC3)nccc2n1. The Labute approximate surface area is 170 Å². The van der Waals surface area contributed by atoms with Crippen LogP contribution < -0.4 is 10.6 Å². The molecule has 28 heavy (non-hydrogen) atoms. The van der Waals surface area contributed by atoms with Gasteiger partial charge in [-0.25, -0.2) is 15.0 Å². The second-order valence-electron chi connectivity index (χ2n) is 7.06.